The zero-order valence-electron chi connectivity index (χ0n) is 37.1. The summed E-state index contributed by atoms with van der Waals surface area (Å²) < 4.78 is 0. The molecule has 4 heteroatoms. The molecule has 0 saturated heterocycles. The molecule has 0 saturated carbocycles. The summed E-state index contributed by atoms with van der Waals surface area (Å²) in [5, 5.41) is 23.0. The number of aliphatic hydroxyl groups is 2. The average molecular weight is 788 g/mol. The Hall–Kier alpha value is -2.95. The highest BCUT2D eigenvalue weighted by Crippen LogP contribution is 2.13. The van der Waals surface area contributed by atoms with E-state index in [-0.39, 0.29) is 12.5 Å². The minimum absolute atomic E-state index is 0.0905. The van der Waals surface area contributed by atoms with Gasteiger partial charge in [-0.05, 0) is 89.9 Å². The average Bonchev–Trinajstić information content (AvgIpc) is 3.22. The Bertz CT molecular complexity index is 1120. The molecule has 1 amide bonds. The second kappa shape index (κ2) is 47.4. The van der Waals surface area contributed by atoms with Crippen molar-refractivity contribution in [2.75, 3.05) is 6.61 Å². The molecule has 0 aromatic carbocycles. The van der Waals surface area contributed by atoms with E-state index in [1.54, 1.807) is 6.08 Å². The summed E-state index contributed by atoms with van der Waals surface area (Å²) in [6.45, 7) is 4.16. The number of rotatable bonds is 41. The first-order chi connectivity index (χ1) is 28.2. The second-order valence-corrected chi connectivity index (χ2v) is 15.4. The van der Waals surface area contributed by atoms with Crippen LogP contribution in [-0.4, -0.2) is 34.9 Å². The summed E-state index contributed by atoms with van der Waals surface area (Å²) >= 11 is 0. The van der Waals surface area contributed by atoms with Gasteiger partial charge in [0.15, 0.2) is 0 Å². The summed E-state index contributed by atoms with van der Waals surface area (Å²) in [6, 6.07) is -0.652. The van der Waals surface area contributed by atoms with Crippen molar-refractivity contribution < 1.29 is 15.0 Å². The number of hydrogen-bond donors (Lipinski definition) is 3. The number of unbranched alkanes of at least 4 members (excludes halogenated alkanes) is 18. The molecular weight excluding hydrogens is 699 g/mol. The van der Waals surface area contributed by atoms with Crippen LogP contribution in [0, 0.1) is 0 Å². The largest absolute Gasteiger partial charge is 0.394 e. The van der Waals surface area contributed by atoms with Crippen LogP contribution in [0.2, 0.25) is 0 Å². The lowest BCUT2D eigenvalue weighted by Gasteiger charge is -2.19. The third-order valence-electron chi connectivity index (χ3n) is 9.99. The lowest BCUT2D eigenvalue weighted by Crippen LogP contribution is -2.45. The zero-order valence-corrected chi connectivity index (χ0v) is 37.1. The number of carbonyl (C=O) groups is 1. The number of amides is 1. The SMILES string of the molecule is CC/C=C\C/C=C\C/C=C\C/C=C\C/C=C\C/C=C\C/C=C\CCCCCCCCCC(=O)NC(CO)C(O)/C=C/CC/C=C/CCCCCCCCCCCC. The molecule has 0 spiro atoms. The lowest BCUT2D eigenvalue weighted by atomic mass is 10.1. The van der Waals surface area contributed by atoms with Crippen molar-refractivity contribution in [3.05, 3.63) is 109 Å². The van der Waals surface area contributed by atoms with Gasteiger partial charge in [0.2, 0.25) is 5.91 Å². The van der Waals surface area contributed by atoms with Gasteiger partial charge in [-0.1, -0.05) is 213 Å². The predicted molar refractivity (Wildman–Crippen MR) is 253 cm³/mol. The van der Waals surface area contributed by atoms with Crippen molar-refractivity contribution >= 4 is 5.91 Å². The summed E-state index contributed by atoms with van der Waals surface area (Å²) in [4.78, 5) is 12.4. The first kappa shape index (κ1) is 54.0. The molecule has 0 aliphatic carbocycles. The molecular formula is C53H89NO3. The van der Waals surface area contributed by atoms with Crippen LogP contribution in [0.25, 0.3) is 0 Å². The molecule has 0 aromatic heterocycles. The molecule has 0 aliphatic heterocycles. The van der Waals surface area contributed by atoms with E-state index in [0.717, 1.165) is 89.9 Å². The summed E-state index contributed by atoms with van der Waals surface area (Å²) in [5.41, 5.74) is 0. The molecule has 324 valence electrons. The van der Waals surface area contributed by atoms with Gasteiger partial charge >= 0.3 is 0 Å². The van der Waals surface area contributed by atoms with Gasteiger partial charge in [-0.15, -0.1) is 0 Å². The van der Waals surface area contributed by atoms with E-state index in [0.29, 0.717) is 6.42 Å². The first-order valence-electron chi connectivity index (χ1n) is 23.6. The van der Waals surface area contributed by atoms with Crippen LogP contribution in [0.3, 0.4) is 0 Å². The Labute approximate surface area is 353 Å². The number of hydrogen-bond acceptors (Lipinski definition) is 3. The maximum absolute atomic E-state index is 12.4. The number of nitrogens with one attached hydrogen (secondary N) is 1. The highest BCUT2D eigenvalue weighted by atomic mass is 16.3. The molecule has 4 nitrogen and oxygen atoms in total. The Balaban J connectivity index is 3.69. The zero-order chi connectivity index (χ0) is 41.4. The molecule has 0 bridgehead atoms. The number of carbonyl (C=O) groups excluding carboxylic acids is 1. The van der Waals surface area contributed by atoms with Crippen LogP contribution in [-0.2, 0) is 4.79 Å². The molecule has 2 atom stereocenters. The van der Waals surface area contributed by atoms with Crippen LogP contribution >= 0.6 is 0 Å². The lowest BCUT2D eigenvalue weighted by molar-refractivity contribution is -0.123. The standard InChI is InChI=1S/C53H89NO3/c1-3-5-7-9-11-13-15-17-19-21-22-23-24-25-26-27-28-29-30-31-32-33-35-37-39-41-43-45-47-49-53(57)54-51(50-55)52(56)48-46-44-42-40-38-36-34-20-18-16-14-12-10-8-6-4-2/h5,7,11,13,17,19,22-23,25-26,28-29,31-32,38,40,46,48,51-52,55-56H,3-4,6,8-10,12,14-16,18,20-21,24,27,30,33-37,39,41-45,47,49-50H2,1-2H3,(H,54,57)/b7-5-,13-11-,19-17-,23-22-,26-25-,29-28-,32-31-,40-38+,48-46+. The van der Waals surface area contributed by atoms with E-state index in [1.807, 2.05) is 6.08 Å². The monoisotopic (exact) mass is 788 g/mol. The van der Waals surface area contributed by atoms with E-state index >= 15 is 0 Å². The quantitative estimate of drug-likeness (QED) is 0.0427. The molecule has 0 fully saturated rings. The Morgan fingerprint density at radius 2 is 0.789 bits per heavy atom. The smallest absolute Gasteiger partial charge is 0.220 e. The highest BCUT2D eigenvalue weighted by molar-refractivity contribution is 5.76. The van der Waals surface area contributed by atoms with Crippen molar-refractivity contribution in [1.29, 1.82) is 0 Å². The Kier molecular flexibility index (Phi) is 45.0. The normalized spacial score (nSPS) is 14.0. The van der Waals surface area contributed by atoms with Gasteiger partial charge < -0.3 is 15.5 Å². The molecule has 2 unspecified atom stereocenters. The molecule has 0 rings (SSSR count). The first-order valence-corrected chi connectivity index (χ1v) is 23.6. The minimum atomic E-state index is -0.874. The maximum atomic E-state index is 12.4. The van der Waals surface area contributed by atoms with Crippen LogP contribution in [0.4, 0.5) is 0 Å². The van der Waals surface area contributed by atoms with Gasteiger partial charge in [0.1, 0.15) is 0 Å². The molecule has 0 heterocycles. The van der Waals surface area contributed by atoms with Gasteiger partial charge in [-0.25, -0.2) is 0 Å². The summed E-state index contributed by atoms with van der Waals surface area (Å²) in [6.07, 6.45) is 72.0. The molecule has 3 N–H and O–H groups in total. The Morgan fingerprint density at radius 1 is 0.439 bits per heavy atom. The fourth-order valence-electron chi connectivity index (χ4n) is 6.41. The molecule has 0 aliphatic rings. The second-order valence-electron chi connectivity index (χ2n) is 15.4. The summed E-state index contributed by atoms with van der Waals surface area (Å²) in [7, 11) is 0. The van der Waals surface area contributed by atoms with E-state index in [2.05, 4.69) is 116 Å². The van der Waals surface area contributed by atoms with Gasteiger partial charge in [-0.3, -0.25) is 4.79 Å². The van der Waals surface area contributed by atoms with Crippen molar-refractivity contribution in [2.45, 2.75) is 212 Å². The van der Waals surface area contributed by atoms with E-state index in [4.69, 9.17) is 0 Å². The number of allylic oxidation sites excluding steroid dienone is 17. The molecule has 0 aromatic rings. The van der Waals surface area contributed by atoms with E-state index < -0.39 is 12.1 Å². The van der Waals surface area contributed by atoms with Crippen LogP contribution in [0.15, 0.2) is 109 Å². The minimum Gasteiger partial charge on any atom is -0.394 e. The van der Waals surface area contributed by atoms with Crippen molar-refractivity contribution in [3.8, 4) is 0 Å². The van der Waals surface area contributed by atoms with Gasteiger partial charge in [0, 0.05) is 6.42 Å². The fourth-order valence-corrected chi connectivity index (χ4v) is 6.41. The van der Waals surface area contributed by atoms with Crippen molar-refractivity contribution in [2.24, 2.45) is 0 Å². The fraction of sp³-hybridized carbons (Fsp3) is 0.642. The Morgan fingerprint density at radius 3 is 1.23 bits per heavy atom. The van der Waals surface area contributed by atoms with Gasteiger partial charge in [-0.2, -0.15) is 0 Å². The van der Waals surface area contributed by atoms with Crippen molar-refractivity contribution in [3.63, 3.8) is 0 Å². The van der Waals surface area contributed by atoms with Crippen molar-refractivity contribution in [1.82, 2.24) is 5.32 Å². The molecule has 0 radical (unpaired) electrons. The maximum Gasteiger partial charge on any atom is 0.220 e. The summed E-state index contributed by atoms with van der Waals surface area (Å²) in [5.74, 6) is -0.0905. The van der Waals surface area contributed by atoms with E-state index in [9.17, 15) is 15.0 Å². The third-order valence-corrected chi connectivity index (χ3v) is 9.99. The van der Waals surface area contributed by atoms with Gasteiger partial charge in [0.05, 0.1) is 18.8 Å². The topological polar surface area (TPSA) is 69.6 Å². The van der Waals surface area contributed by atoms with Gasteiger partial charge in [0.25, 0.3) is 0 Å². The third kappa shape index (κ3) is 44.0. The highest BCUT2D eigenvalue weighted by Gasteiger charge is 2.17. The van der Waals surface area contributed by atoms with Crippen LogP contribution < -0.4 is 5.32 Å². The number of aliphatic hydroxyl groups excluding tert-OH is 2. The van der Waals surface area contributed by atoms with Crippen LogP contribution in [0.1, 0.15) is 200 Å². The van der Waals surface area contributed by atoms with Crippen LogP contribution in [0.5, 0.6) is 0 Å². The predicted octanol–water partition coefficient (Wildman–Crippen LogP) is 15.2. The van der Waals surface area contributed by atoms with E-state index in [1.165, 1.54) is 89.9 Å². The molecule has 57 heavy (non-hydrogen) atoms.